The highest BCUT2D eigenvalue weighted by Gasteiger charge is 2.33. The smallest absolute Gasteiger partial charge is 0.255 e. The highest BCUT2D eigenvalue weighted by molar-refractivity contribution is 6.01. The third-order valence-electron chi connectivity index (χ3n) is 6.77. The number of carbonyl (C=O) groups excluding carboxylic acids is 4. The molecule has 37 heavy (non-hydrogen) atoms. The second-order valence-electron chi connectivity index (χ2n) is 9.33. The summed E-state index contributed by atoms with van der Waals surface area (Å²) < 4.78 is 5.92. The molecular formula is C28H34N4O5. The summed E-state index contributed by atoms with van der Waals surface area (Å²) >= 11 is 0. The number of carbonyl (C=O) groups is 4. The Kier molecular flexibility index (Phi) is 8.77. The number of rotatable bonds is 4. The Balaban J connectivity index is 1.65. The summed E-state index contributed by atoms with van der Waals surface area (Å²) in [6, 6.07) is 14.4. The quantitative estimate of drug-likeness (QED) is 0.657. The second kappa shape index (κ2) is 12.4. The van der Waals surface area contributed by atoms with E-state index in [0.717, 1.165) is 18.4 Å². The molecule has 2 aromatic rings. The lowest BCUT2D eigenvalue weighted by atomic mass is 10.0. The van der Waals surface area contributed by atoms with Crippen molar-refractivity contribution < 1.29 is 23.9 Å². The number of ether oxygens (including phenoxy) is 1. The Morgan fingerprint density at radius 1 is 0.946 bits per heavy atom. The number of likely N-dealkylation sites (tertiary alicyclic amines) is 1. The lowest BCUT2D eigenvalue weighted by molar-refractivity contribution is -0.138. The van der Waals surface area contributed by atoms with Crippen LogP contribution in [0.25, 0.3) is 0 Å². The summed E-state index contributed by atoms with van der Waals surface area (Å²) in [6.45, 7) is 3.95. The van der Waals surface area contributed by atoms with Crippen LogP contribution in [-0.2, 0) is 20.8 Å². The highest BCUT2D eigenvalue weighted by atomic mass is 16.5. The predicted octanol–water partition coefficient (Wildman–Crippen LogP) is 1.77. The van der Waals surface area contributed by atoms with Crippen molar-refractivity contribution in [3.05, 3.63) is 65.7 Å². The van der Waals surface area contributed by atoms with Gasteiger partial charge in [0.25, 0.3) is 5.91 Å². The van der Waals surface area contributed by atoms with E-state index in [4.69, 9.17) is 4.74 Å². The van der Waals surface area contributed by atoms with E-state index in [1.807, 2.05) is 37.3 Å². The zero-order valence-electron chi connectivity index (χ0n) is 21.2. The summed E-state index contributed by atoms with van der Waals surface area (Å²) in [5.74, 6) is -1.11. The van der Waals surface area contributed by atoms with Crippen LogP contribution in [-0.4, -0.2) is 78.3 Å². The Morgan fingerprint density at radius 3 is 2.38 bits per heavy atom. The number of nitrogens with zero attached hydrogens (tertiary/aromatic N) is 2. The van der Waals surface area contributed by atoms with Gasteiger partial charge >= 0.3 is 0 Å². The number of likely N-dealkylation sites (N-methyl/N-ethyl adjacent to an activating group) is 1. The van der Waals surface area contributed by atoms with Crippen molar-refractivity contribution in [2.45, 2.75) is 44.7 Å². The maximum Gasteiger partial charge on any atom is 0.255 e. The number of fused-ring (bicyclic) bond motifs is 1. The van der Waals surface area contributed by atoms with Crippen LogP contribution in [0.3, 0.4) is 0 Å². The first-order valence-electron chi connectivity index (χ1n) is 12.9. The molecule has 2 aliphatic heterocycles. The van der Waals surface area contributed by atoms with Gasteiger partial charge in [-0.2, -0.15) is 0 Å². The number of nitrogens with one attached hydrogen (secondary N) is 2. The molecule has 2 atom stereocenters. The monoisotopic (exact) mass is 506 g/mol. The maximum absolute atomic E-state index is 13.5. The Bertz CT molecular complexity index is 1120. The molecule has 196 valence electrons. The van der Waals surface area contributed by atoms with Crippen LogP contribution in [0.1, 0.15) is 42.1 Å². The molecule has 2 aliphatic rings. The Morgan fingerprint density at radius 2 is 1.65 bits per heavy atom. The van der Waals surface area contributed by atoms with E-state index < -0.39 is 23.9 Å². The minimum absolute atomic E-state index is 0.173. The van der Waals surface area contributed by atoms with Gasteiger partial charge in [-0.3, -0.25) is 19.2 Å². The van der Waals surface area contributed by atoms with Gasteiger partial charge in [0.05, 0.1) is 18.5 Å². The Labute approximate surface area is 217 Å². The van der Waals surface area contributed by atoms with Crippen LogP contribution < -0.4 is 15.4 Å². The normalized spacial score (nSPS) is 21.4. The number of hydrogen-bond acceptors (Lipinski definition) is 5. The second-order valence-corrected chi connectivity index (χ2v) is 9.33. The van der Waals surface area contributed by atoms with Gasteiger partial charge in [0.1, 0.15) is 24.4 Å². The van der Waals surface area contributed by atoms with Gasteiger partial charge in [0.15, 0.2) is 0 Å². The van der Waals surface area contributed by atoms with Crippen LogP contribution in [0.2, 0.25) is 0 Å². The van der Waals surface area contributed by atoms with Crippen LogP contribution in [0.4, 0.5) is 0 Å². The van der Waals surface area contributed by atoms with Crippen LogP contribution >= 0.6 is 0 Å². The molecule has 0 radical (unpaired) electrons. The molecular weight excluding hydrogens is 472 g/mol. The molecule has 0 saturated carbocycles. The van der Waals surface area contributed by atoms with Crippen molar-refractivity contribution in [2.75, 3.05) is 32.8 Å². The zero-order valence-corrected chi connectivity index (χ0v) is 21.2. The van der Waals surface area contributed by atoms with E-state index in [0.29, 0.717) is 38.3 Å². The number of hydrogen-bond donors (Lipinski definition) is 2. The molecule has 4 rings (SSSR count). The van der Waals surface area contributed by atoms with E-state index in [1.54, 1.807) is 34.1 Å². The summed E-state index contributed by atoms with van der Waals surface area (Å²) in [5, 5.41) is 5.61. The molecule has 9 heteroatoms. The molecule has 0 spiro atoms. The third-order valence-corrected chi connectivity index (χ3v) is 6.77. The van der Waals surface area contributed by atoms with Gasteiger partial charge in [0.2, 0.25) is 17.7 Å². The molecule has 1 fully saturated rings. The lowest BCUT2D eigenvalue weighted by Crippen LogP contribution is -2.54. The summed E-state index contributed by atoms with van der Waals surface area (Å²) in [7, 11) is 0. The summed E-state index contributed by atoms with van der Waals surface area (Å²) in [4.78, 5) is 56.6. The minimum Gasteiger partial charge on any atom is -0.491 e. The summed E-state index contributed by atoms with van der Waals surface area (Å²) in [5.41, 5.74) is 1.18. The first kappa shape index (κ1) is 26.2. The molecule has 4 amide bonds. The van der Waals surface area contributed by atoms with Crippen molar-refractivity contribution >= 4 is 23.6 Å². The minimum atomic E-state index is -1.06. The number of amides is 4. The molecule has 0 bridgehead atoms. The van der Waals surface area contributed by atoms with Gasteiger partial charge in [-0.05, 0) is 37.5 Å². The average molecular weight is 507 g/mol. The van der Waals surface area contributed by atoms with Crippen molar-refractivity contribution in [1.29, 1.82) is 0 Å². The number of para-hydroxylation sites is 1. The highest BCUT2D eigenvalue weighted by Crippen LogP contribution is 2.19. The number of benzene rings is 2. The topological polar surface area (TPSA) is 108 Å². The average Bonchev–Trinajstić information content (AvgIpc) is 3.45. The van der Waals surface area contributed by atoms with Crippen molar-refractivity contribution in [3.8, 4) is 5.75 Å². The van der Waals surface area contributed by atoms with E-state index in [9.17, 15) is 19.2 Å². The van der Waals surface area contributed by atoms with E-state index in [-0.39, 0.29) is 30.4 Å². The van der Waals surface area contributed by atoms with E-state index >= 15 is 0 Å². The largest absolute Gasteiger partial charge is 0.491 e. The fourth-order valence-electron chi connectivity index (χ4n) is 4.77. The molecule has 1 saturated heterocycles. The summed E-state index contributed by atoms with van der Waals surface area (Å²) in [6.07, 6.45) is 1.81. The van der Waals surface area contributed by atoms with Crippen LogP contribution in [0, 0.1) is 0 Å². The third kappa shape index (κ3) is 6.67. The molecule has 2 aromatic carbocycles. The lowest BCUT2D eigenvalue weighted by Gasteiger charge is -2.29. The standard InChI is InChI=1S/C28H34N4O5/c1-2-31-16-17-37-24-13-7-6-12-21(24)26(34)30-23(28(36)32-14-8-9-15-32)19-25(33)29-22(27(31)35)18-20-10-4-3-5-11-20/h3-7,10-13,22-23H,2,8-9,14-19H2,1H3,(H,29,33)(H,30,34)/t22-,23-/m0/s1. The molecule has 0 unspecified atom stereocenters. The Hall–Kier alpha value is -3.88. The van der Waals surface area contributed by atoms with Gasteiger partial charge in [-0.25, -0.2) is 0 Å². The van der Waals surface area contributed by atoms with Crippen molar-refractivity contribution in [3.63, 3.8) is 0 Å². The SMILES string of the molecule is CCN1CCOc2ccccc2C(=O)N[C@H](C(=O)N2CCCC2)CC(=O)N[C@@H](Cc2ccccc2)C1=O. The van der Waals surface area contributed by atoms with Crippen LogP contribution in [0.15, 0.2) is 54.6 Å². The van der Waals surface area contributed by atoms with Gasteiger partial charge in [0, 0.05) is 26.1 Å². The zero-order chi connectivity index (χ0) is 26.2. The molecule has 9 nitrogen and oxygen atoms in total. The van der Waals surface area contributed by atoms with E-state index in [1.165, 1.54) is 0 Å². The fraction of sp³-hybridized carbons (Fsp3) is 0.429. The van der Waals surface area contributed by atoms with Gasteiger partial charge < -0.3 is 25.2 Å². The van der Waals surface area contributed by atoms with Gasteiger partial charge in [-0.15, -0.1) is 0 Å². The predicted molar refractivity (Wildman–Crippen MR) is 138 cm³/mol. The molecule has 2 heterocycles. The van der Waals surface area contributed by atoms with Crippen molar-refractivity contribution in [2.24, 2.45) is 0 Å². The first-order chi connectivity index (χ1) is 18.0. The van der Waals surface area contributed by atoms with Crippen molar-refractivity contribution in [1.82, 2.24) is 20.4 Å². The van der Waals surface area contributed by atoms with Crippen LogP contribution in [0.5, 0.6) is 5.75 Å². The van der Waals surface area contributed by atoms with E-state index in [2.05, 4.69) is 10.6 Å². The molecule has 0 aliphatic carbocycles. The molecule has 0 aromatic heterocycles. The maximum atomic E-state index is 13.5. The van der Waals surface area contributed by atoms with Gasteiger partial charge in [-0.1, -0.05) is 42.5 Å². The first-order valence-corrected chi connectivity index (χ1v) is 12.9. The fourth-order valence-corrected chi connectivity index (χ4v) is 4.77. The molecule has 2 N–H and O–H groups in total.